The summed E-state index contributed by atoms with van der Waals surface area (Å²) in [4.78, 5) is 14.0. The summed E-state index contributed by atoms with van der Waals surface area (Å²) in [7, 11) is 1.99. The van der Waals surface area contributed by atoms with E-state index in [9.17, 15) is 9.90 Å². The van der Waals surface area contributed by atoms with Crippen molar-refractivity contribution in [3.8, 4) is 0 Å². The third-order valence-corrected chi connectivity index (χ3v) is 6.96. The minimum Gasteiger partial charge on any atom is -0.479 e. The number of nitrogens with zero attached hydrogens (tertiary/aromatic N) is 3. The number of rotatable bonds is 5. The Kier molecular flexibility index (Phi) is 6.46. The Hall–Kier alpha value is -1.89. The standard InChI is InChI=1S/C23H30ClN3O3/c1-15-11-21(25-26(15)2)17-5-9-19(10-6-17)27-13-22(23(28)29)30-14-20(27)12-16-3-7-18(24)8-4-16/h3-4,7-8,11,17,19-20,22H,5-6,9-10,12-14H2,1-2H3,(H,28,29)/t17?,19?,20?,22-/m0/s1. The molecule has 2 fully saturated rings. The summed E-state index contributed by atoms with van der Waals surface area (Å²) in [5.74, 6) is -0.380. The van der Waals surface area contributed by atoms with E-state index in [0.29, 0.717) is 25.1 Å². The van der Waals surface area contributed by atoms with Crippen LogP contribution in [0.3, 0.4) is 0 Å². The van der Waals surface area contributed by atoms with Gasteiger partial charge in [-0.15, -0.1) is 0 Å². The molecular formula is C23H30ClN3O3. The molecular weight excluding hydrogens is 402 g/mol. The predicted molar refractivity (Wildman–Crippen MR) is 116 cm³/mol. The van der Waals surface area contributed by atoms with Crippen LogP contribution in [0, 0.1) is 6.92 Å². The van der Waals surface area contributed by atoms with Gasteiger partial charge in [-0.2, -0.15) is 5.10 Å². The van der Waals surface area contributed by atoms with E-state index in [2.05, 4.69) is 23.0 Å². The molecule has 2 aromatic rings. The number of aryl methyl sites for hydroxylation is 2. The Balaban J connectivity index is 1.45. The van der Waals surface area contributed by atoms with Crippen molar-refractivity contribution < 1.29 is 14.6 Å². The number of hydrogen-bond donors (Lipinski definition) is 1. The summed E-state index contributed by atoms with van der Waals surface area (Å²) in [6.07, 6.45) is 4.38. The van der Waals surface area contributed by atoms with E-state index in [0.717, 1.165) is 37.1 Å². The van der Waals surface area contributed by atoms with Crippen LogP contribution in [0.15, 0.2) is 30.3 Å². The maximum Gasteiger partial charge on any atom is 0.334 e. The van der Waals surface area contributed by atoms with Crippen LogP contribution in [0.4, 0.5) is 0 Å². The molecule has 1 aliphatic heterocycles. The van der Waals surface area contributed by atoms with Crippen molar-refractivity contribution in [2.75, 3.05) is 13.2 Å². The Morgan fingerprint density at radius 3 is 2.53 bits per heavy atom. The first-order valence-electron chi connectivity index (χ1n) is 10.8. The number of aliphatic carboxylic acids is 1. The SMILES string of the molecule is Cc1cc(C2CCC(N3C[C@@H](C(=O)O)OCC3Cc3ccc(Cl)cc3)CC2)nn1C. The van der Waals surface area contributed by atoms with Gasteiger partial charge in [-0.3, -0.25) is 9.58 Å². The van der Waals surface area contributed by atoms with Crippen LogP contribution in [0.25, 0.3) is 0 Å². The minimum atomic E-state index is -0.873. The molecule has 1 saturated carbocycles. The fourth-order valence-electron chi connectivity index (χ4n) is 4.87. The van der Waals surface area contributed by atoms with Crippen molar-refractivity contribution >= 4 is 17.6 Å². The molecule has 1 aromatic heterocycles. The number of aromatic nitrogens is 2. The zero-order valence-electron chi connectivity index (χ0n) is 17.6. The number of carbonyl (C=O) groups is 1. The number of carboxylic acid groups (broad SMARTS) is 1. The third kappa shape index (κ3) is 4.71. The lowest BCUT2D eigenvalue weighted by Crippen LogP contribution is -2.57. The number of benzene rings is 1. The number of ether oxygens (including phenoxy) is 1. The van der Waals surface area contributed by atoms with Crippen LogP contribution in [-0.2, 0) is 23.0 Å². The molecule has 1 N–H and O–H groups in total. The lowest BCUT2D eigenvalue weighted by Gasteiger charge is -2.45. The normalized spacial score (nSPS) is 27.8. The van der Waals surface area contributed by atoms with Crippen molar-refractivity contribution in [2.45, 2.75) is 63.1 Å². The summed E-state index contributed by atoms with van der Waals surface area (Å²) < 4.78 is 7.64. The van der Waals surface area contributed by atoms with E-state index in [1.54, 1.807) is 0 Å². The molecule has 1 unspecified atom stereocenters. The highest BCUT2D eigenvalue weighted by atomic mass is 35.5. The molecule has 2 heterocycles. The van der Waals surface area contributed by atoms with Gasteiger partial charge >= 0.3 is 5.97 Å². The van der Waals surface area contributed by atoms with E-state index in [1.807, 2.05) is 36.0 Å². The van der Waals surface area contributed by atoms with Gasteiger partial charge in [-0.05, 0) is 62.8 Å². The van der Waals surface area contributed by atoms with Crippen LogP contribution < -0.4 is 0 Å². The Morgan fingerprint density at radius 2 is 1.93 bits per heavy atom. The zero-order chi connectivity index (χ0) is 21.3. The molecule has 30 heavy (non-hydrogen) atoms. The van der Waals surface area contributed by atoms with Gasteiger partial charge in [0.15, 0.2) is 6.10 Å². The van der Waals surface area contributed by atoms with Gasteiger partial charge in [0.2, 0.25) is 0 Å². The van der Waals surface area contributed by atoms with E-state index in [-0.39, 0.29) is 6.04 Å². The Morgan fingerprint density at radius 1 is 1.23 bits per heavy atom. The van der Waals surface area contributed by atoms with Gasteiger partial charge in [0.05, 0.1) is 12.3 Å². The maximum atomic E-state index is 11.6. The Labute approximate surface area is 182 Å². The third-order valence-electron chi connectivity index (χ3n) is 6.71. The van der Waals surface area contributed by atoms with Gasteiger partial charge < -0.3 is 9.84 Å². The molecule has 1 aliphatic carbocycles. The molecule has 162 valence electrons. The summed E-state index contributed by atoms with van der Waals surface area (Å²) in [5.41, 5.74) is 3.58. The van der Waals surface area contributed by atoms with Gasteiger partial charge in [-0.25, -0.2) is 4.79 Å². The topological polar surface area (TPSA) is 67.6 Å². The zero-order valence-corrected chi connectivity index (χ0v) is 18.4. The first-order valence-corrected chi connectivity index (χ1v) is 11.1. The second kappa shape index (κ2) is 9.08. The predicted octanol–water partition coefficient (Wildman–Crippen LogP) is 3.80. The average Bonchev–Trinajstić information content (AvgIpc) is 3.08. The maximum absolute atomic E-state index is 11.6. The molecule has 7 heteroatoms. The monoisotopic (exact) mass is 431 g/mol. The second-order valence-electron chi connectivity index (χ2n) is 8.68. The van der Waals surface area contributed by atoms with Crippen LogP contribution in [-0.4, -0.2) is 57.1 Å². The molecule has 2 atom stereocenters. The molecule has 1 aromatic carbocycles. The number of halogens is 1. The molecule has 0 spiro atoms. The molecule has 1 saturated heterocycles. The van der Waals surface area contributed by atoms with E-state index in [4.69, 9.17) is 16.3 Å². The quantitative estimate of drug-likeness (QED) is 0.779. The first-order chi connectivity index (χ1) is 14.4. The first kappa shape index (κ1) is 21.3. The average molecular weight is 432 g/mol. The van der Waals surface area contributed by atoms with E-state index >= 15 is 0 Å². The highest BCUT2D eigenvalue weighted by Gasteiger charge is 2.38. The van der Waals surface area contributed by atoms with Crippen molar-refractivity contribution in [1.29, 1.82) is 0 Å². The molecule has 0 amide bonds. The lowest BCUT2D eigenvalue weighted by atomic mass is 9.82. The van der Waals surface area contributed by atoms with Crippen molar-refractivity contribution in [1.82, 2.24) is 14.7 Å². The fraction of sp³-hybridized carbons (Fsp3) is 0.565. The van der Waals surface area contributed by atoms with Gasteiger partial charge in [-0.1, -0.05) is 23.7 Å². The molecule has 0 radical (unpaired) electrons. The van der Waals surface area contributed by atoms with E-state index < -0.39 is 12.1 Å². The summed E-state index contributed by atoms with van der Waals surface area (Å²) in [6.45, 7) is 2.98. The molecule has 2 aliphatic rings. The van der Waals surface area contributed by atoms with Crippen molar-refractivity contribution in [3.05, 3.63) is 52.3 Å². The fourth-order valence-corrected chi connectivity index (χ4v) is 5.00. The van der Waals surface area contributed by atoms with Crippen molar-refractivity contribution in [3.63, 3.8) is 0 Å². The second-order valence-corrected chi connectivity index (χ2v) is 9.12. The highest BCUT2D eigenvalue weighted by molar-refractivity contribution is 6.30. The number of hydrogen-bond acceptors (Lipinski definition) is 4. The highest BCUT2D eigenvalue weighted by Crippen LogP contribution is 2.36. The van der Waals surface area contributed by atoms with Crippen molar-refractivity contribution in [2.24, 2.45) is 7.05 Å². The van der Waals surface area contributed by atoms with Crippen LogP contribution in [0.1, 0.15) is 48.6 Å². The lowest BCUT2D eigenvalue weighted by molar-refractivity contribution is -0.162. The Bertz CT molecular complexity index is 855. The van der Waals surface area contributed by atoms with Gasteiger partial charge in [0, 0.05) is 42.3 Å². The summed E-state index contributed by atoms with van der Waals surface area (Å²) in [5, 5.41) is 14.9. The number of carboxylic acids is 1. The summed E-state index contributed by atoms with van der Waals surface area (Å²) >= 11 is 6.03. The molecule has 4 rings (SSSR count). The smallest absolute Gasteiger partial charge is 0.334 e. The minimum absolute atomic E-state index is 0.181. The van der Waals surface area contributed by atoms with E-state index in [1.165, 1.54) is 17.0 Å². The summed E-state index contributed by atoms with van der Waals surface area (Å²) in [6, 6.07) is 10.7. The number of morpholine rings is 1. The van der Waals surface area contributed by atoms with Gasteiger partial charge in [0.1, 0.15) is 0 Å². The molecule has 0 bridgehead atoms. The molecule has 6 nitrogen and oxygen atoms in total. The van der Waals surface area contributed by atoms with Crippen LogP contribution in [0.5, 0.6) is 0 Å². The van der Waals surface area contributed by atoms with Crippen LogP contribution in [0.2, 0.25) is 5.02 Å². The van der Waals surface area contributed by atoms with Crippen LogP contribution >= 0.6 is 11.6 Å². The van der Waals surface area contributed by atoms with Gasteiger partial charge in [0.25, 0.3) is 0 Å². The largest absolute Gasteiger partial charge is 0.479 e.